The van der Waals surface area contributed by atoms with E-state index in [4.69, 9.17) is 16.3 Å². The Morgan fingerprint density at radius 3 is 2.53 bits per heavy atom. The van der Waals surface area contributed by atoms with Gasteiger partial charge in [0.05, 0.1) is 0 Å². The summed E-state index contributed by atoms with van der Waals surface area (Å²) in [6.07, 6.45) is 3.61. The topological polar surface area (TPSA) is 9.23 Å². The second-order valence-electron chi connectivity index (χ2n) is 4.77. The van der Waals surface area contributed by atoms with Gasteiger partial charge in [-0.05, 0) is 60.2 Å². The lowest BCUT2D eigenvalue weighted by Gasteiger charge is -2.09. The van der Waals surface area contributed by atoms with E-state index in [2.05, 4.69) is 28.1 Å². The van der Waals surface area contributed by atoms with Gasteiger partial charge in [-0.15, -0.1) is 0 Å². The number of rotatable bonds is 3. The van der Waals surface area contributed by atoms with E-state index in [1.165, 1.54) is 24.0 Å². The zero-order chi connectivity index (χ0) is 13.2. The smallest absolute Gasteiger partial charge is 0.128 e. The van der Waals surface area contributed by atoms with Crippen LogP contribution in [0.2, 0.25) is 5.02 Å². The molecule has 0 aromatic heterocycles. The molecule has 1 nitrogen and oxygen atoms in total. The Morgan fingerprint density at radius 2 is 1.74 bits per heavy atom. The first-order valence-corrected chi connectivity index (χ1v) is 7.90. The van der Waals surface area contributed by atoms with E-state index in [9.17, 15) is 0 Å². The minimum atomic E-state index is 0.732. The standard InChI is InChI=1S/C16H14BrClO/c17-10-13-5-7-15(9-16(13)18)19-14-6-4-11-2-1-3-12(11)8-14/h4-9H,1-3,10H2. The molecule has 2 aromatic carbocycles. The van der Waals surface area contributed by atoms with E-state index in [0.29, 0.717) is 0 Å². The lowest BCUT2D eigenvalue weighted by Crippen LogP contribution is -1.89. The van der Waals surface area contributed by atoms with Crippen LogP contribution in [0.15, 0.2) is 36.4 Å². The van der Waals surface area contributed by atoms with Crippen LogP contribution in [0.3, 0.4) is 0 Å². The molecule has 0 heterocycles. The van der Waals surface area contributed by atoms with Gasteiger partial charge in [-0.2, -0.15) is 0 Å². The van der Waals surface area contributed by atoms with Crippen LogP contribution in [-0.4, -0.2) is 0 Å². The van der Waals surface area contributed by atoms with Crippen LogP contribution in [0.4, 0.5) is 0 Å². The highest BCUT2D eigenvalue weighted by Crippen LogP contribution is 2.31. The molecule has 0 spiro atoms. The van der Waals surface area contributed by atoms with Gasteiger partial charge in [0.1, 0.15) is 11.5 Å². The average Bonchev–Trinajstić information content (AvgIpc) is 2.86. The highest BCUT2D eigenvalue weighted by molar-refractivity contribution is 9.08. The Bertz CT molecular complexity index is 610. The van der Waals surface area contributed by atoms with E-state index in [0.717, 1.165) is 33.8 Å². The van der Waals surface area contributed by atoms with Crippen molar-refractivity contribution in [2.45, 2.75) is 24.6 Å². The number of aryl methyl sites for hydroxylation is 2. The highest BCUT2D eigenvalue weighted by atomic mass is 79.9. The number of fused-ring (bicyclic) bond motifs is 1. The van der Waals surface area contributed by atoms with Gasteiger partial charge >= 0.3 is 0 Å². The van der Waals surface area contributed by atoms with Crippen LogP contribution in [0.5, 0.6) is 11.5 Å². The predicted octanol–water partition coefficient (Wildman–Crippen LogP) is 5.52. The number of hydrogen-bond acceptors (Lipinski definition) is 1. The molecule has 0 aliphatic heterocycles. The summed E-state index contributed by atoms with van der Waals surface area (Å²) < 4.78 is 5.88. The van der Waals surface area contributed by atoms with E-state index >= 15 is 0 Å². The lowest BCUT2D eigenvalue weighted by atomic mass is 10.1. The van der Waals surface area contributed by atoms with Crippen molar-refractivity contribution in [2.75, 3.05) is 0 Å². The van der Waals surface area contributed by atoms with Crippen molar-refractivity contribution < 1.29 is 4.74 Å². The van der Waals surface area contributed by atoms with Crippen LogP contribution in [0, 0.1) is 0 Å². The quantitative estimate of drug-likeness (QED) is 0.670. The van der Waals surface area contributed by atoms with Gasteiger partial charge in [-0.25, -0.2) is 0 Å². The van der Waals surface area contributed by atoms with Gasteiger partial charge in [-0.1, -0.05) is 39.7 Å². The molecule has 0 unspecified atom stereocenters. The molecule has 0 fully saturated rings. The summed E-state index contributed by atoms with van der Waals surface area (Å²) in [5.74, 6) is 1.68. The van der Waals surface area contributed by atoms with E-state index < -0.39 is 0 Å². The van der Waals surface area contributed by atoms with Crippen molar-refractivity contribution in [3.63, 3.8) is 0 Å². The Balaban J connectivity index is 1.83. The van der Waals surface area contributed by atoms with Gasteiger partial charge in [-0.3, -0.25) is 0 Å². The first-order valence-electron chi connectivity index (χ1n) is 6.40. The average molecular weight is 338 g/mol. The molecule has 0 radical (unpaired) electrons. The fourth-order valence-corrected chi connectivity index (χ4v) is 3.34. The van der Waals surface area contributed by atoms with Gasteiger partial charge in [0, 0.05) is 10.4 Å². The third kappa shape index (κ3) is 2.80. The summed E-state index contributed by atoms with van der Waals surface area (Å²) in [7, 11) is 0. The summed E-state index contributed by atoms with van der Waals surface area (Å²) >= 11 is 9.59. The summed E-state index contributed by atoms with van der Waals surface area (Å²) in [5.41, 5.74) is 3.95. The first-order chi connectivity index (χ1) is 9.26. The third-order valence-corrected chi connectivity index (χ3v) is 4.43. The molecule has 0 amide bonds. The van der Waals surface area contributed by atoms with Crippen LogP contribution < -0.4 is 4.74 Å². The molecule has 0 atom stereocenters. The minimum Gasteiger partial charge on any atom is -0.457 e. The highest BCUT2D eigenvalue weighted by Gasteiger charge is 2.11. The molecule has 1 aliphatic rings. The van der Waals surface area contributed by atoms with Crippen molar-refractivity contribution >= 4 is 27.5 Å². The molecule has 1 aliphatic carbocycles. The Morgan fingerprint density at radius 1 is 1.00 bits per heavy atom. The van der Waals surface area contributed by atoms with Crippen LogP contribution in [0.1, 0.15) is 23.1 Å². The number of alkyl halides is 1. The maximum absolute atomic E-state index is 6.18. The number of hydrogen-bond donors (Lipinski definition) is 0. The normalized spacial score (nSPS) is 13.4. The summed E-state index contributed by atoms with van der Waals surface area (Å²) in [6.45, 7) is 0. The first kappa shape index (κ1) is 13.0. The molecule has 3 heteroatoms. The molecule has 2 aromatic rings. The summed E-state index contributed by atoms with van der Waals surface area (Å²) in [4.78, 5) is 0. The van der Waals surface area contributed by atoms with Crippen molar-refractivity contribution in [1.82, 2.24) is 0 Å². The fraction of sp³-hybridized carbons (Fsp3) is 0.250. The Hall–Kier alpha value is -0.990. The predicted molar refractivity (Wildman–Crippen MR) is 82.6 cm³/mol. The number of ether oxygens (including phenoxy) is 1. The monoisotopic (exact) mass is 336 g/mol. The van der Waals surface area contributed by atoms with E-state index in [-0.39, 0.29) is 0 Å². The maximum atomic E-state index is 6.18. The van der Waals surface area contributed by atoms with Gasteiger partial charge < -0.3 is 4.74 Å². The Labute approximate surface area is 126 Å². The van der Waals surface area contributed by atoms with Gasteiger partial charge in [0.15, 0.2) is 0 Å². The Kier molecular flexibility index (Phi) is 3.81. The van der Waals surface area contributed by atoms with E-state index in [1.807, 2.05) is 24.3 Å². The zero-order valence-corrected chi connectivity index (χ0v) is 12.8. The van der Waals surface area contributed by atoms with Crippen molar-refractivity contribution in [1.29, 1.82) is 0 Å². The lowest BCUT2D eigenvalue weighted by molar-refractivity contribution is 0.482. The molecule has 19 heavy (non-hydrogen) atoms. The second kappa shape index (κ2) is 5.56. The van der Waals surface area contributed by atoms with E-state index in [1.54, 1.807) is 0 Å². The van der Waals surface area contributed by atoms with Crippen LogP contribution >= 0.6 is 27.5 Å². The maximum Gasteiger partial charge on any atom is 0.128 e. The molecule has 0 N–H and O–H groups in total. The molecular weight excluding hydrogens is 324 g/mol. The molecule has 98 valence electrons. The molecule has 3 rings (SSSR count). The zero-order valence-electron chi connectivity index (χ0n) is 10.5. The third-order valence-electron chi connectivity index (χ3n) is 3.47. The van der Waals surface area contributed by atoms with Crippen LogP contribution in [0.25, 0.3) is 0 Å². The summed E-state index contributed by atoms with van der Waals surface area (Å²) in [5, 5.41) is 1.49. The van der Waals surface area contributed by atoms with Crippen molar-refractivity contribution in [2.24, 2.45) is 0 Å². The van der Waals surface area contributed by atoms with Crippen molar-refractivity contribution in [3.8, 4) is 11.5 Å². The second-order valence-corrected chi connectivity index (χ2v) is 5.74. The molecule has 0 saturated heterocycles. The SMILES string of the molecule is Clc1cc(Oc2ccc3c(c2)CCC3)ccc1CBr. The number of halogens is 2. The van der Waals surface area contributed by atoms with Crippen LogP contribution in [-0.2, 0) is 18.2 Å². The van der Waals surface area contributed by atoms with Gasteiger partial charge in [0.2, 0.25) is 0 Å². The van der Waals surface area contributed by atoms with Crippen molar-refractivity contribution in [3.05, 3.63) is 58.1 Å². The minimum absolute atomic E-state index is 0.732. The summed E-state index contributed by atoms with van der Waals surface area (Å²) in [6, 6.07) is 12.2. The molecule has 0 bridgehead atoms. The number of benzene rings is 2. The fourth-order valence-electron chi connectivity index (χ4n) is 2.45. The van der Waals surface area contributed by atoms with Gasteiger partial charge in [0.25, 0.3) is 0 Å². The molecule has 0 saturated carbocycles. The molecular formula is C16H14BrClO. The largest absolute Gasteiger partial charge is 0.457 e.